The van der Waals surface area contributed by atoms with E-state index in [1.54, 1.807) is 0 Å². The van der Waals surface area contributed by atoms with Gasteiger partial charge in [0.25, 0.3) is 0 Å². The van der Waals surface area contributed by atoms with E-state index in [-0.39, 0.29) is 11.2 Å². The van der Waals surface area contributed by atoms with Crippen LogP contribution in [-0.4, -0.2) is 5.11 Å². The lowest BCUT2D eigenvalue weighted by atomic mass is 9.87. The number of halogens is 2. The first-order valence-electron chi connectivity index (χ1n) is 4.01. The van der Waals surface area contributed by atoms with E-state index >= 15 is 0 Å². The number of hydrogen-bond donors (Lipinski definition) is 1. The van der Waals surface area contributed by atoms with Crippen LogP contribution in [-0.2, 0) is 5.41 Å². The van der Waals surface area contributed by atoms with Crippen LogP contribution in [0.4, 0.5) is 0 Å². The lowest BCUT2D eigenvalue weighted by Crippen LogP contribution is -2.11. The minimum Gasteiger partial charge on any atom is -0.505 e. The van der Waals surface area contributed by atoms with Crippen LogP contribution in [0.15, 0.2) is 16.6 Å². The molecule has 1 nitrogen and oxygen atoms in total. The minimum atomic E-state index is -0.0464. The predicted molar refractivity (Wildman–Crippen MR) is 59.5 cm³/mol. The van der Waals surface area contributed by atoms with Crippen molar-refractivity contribution >= 4 is 27.5 Å². The third-order valence-corrected chi connectivity index (χ3v) is 2.90. The second-order valence-corrected chi connectivity index (χ2v) is 5.24. The summed E-state index contributed by atoms with van der Waals surface area (Å²) in [5, 5.41) is 10.0. The van der Waals surface area contributed by atoms with Crippen molar-refractivity contribution in [2.75, 3.05) is 0 Å². The molecule has 0 aliphatic rings. The van der Waals surface area contributed by atoms with Gasteiger partial charge in [0, 0.05) is 0 Å². The van der Waals surface area contributed by atoms with E-state index in [1.807, 2.05) is 12.1 Å². The Morgan fingerprint density at radius 2 is 1.85 bits per heavy atom. The molecule has 0 atom stereocenters. The zero-order valence-electron chi connectivity index (χ0n) is 7.86. The van der Waals surface area contributed by atoms with Gasteiger partial charge in [-0.15, -0.1) is 0 Å². The lowest BCUT2D eigenvalue weighted by Gasteiger charge is -2.21. The molecular formula is C10H12BrClO. The summed E-state index contributed by atoms with van der Waals surface area (Å²) in [4.78, 5) is 0. The van der Waals surface area contributed by atoms with E-state index < -0.39 is 0 Å². The van der Waals surface area contributed by atoms with Gasteiger partial charge in [0.15, 0.2) is 0 Å². The molecule has 1 aromatic carbocycles. The van der Waals surface area contributed by atoms with Crippen LogP contribution < -0.4 is 0 Å². The number of aromatic hydroxyl groups is 1. The van der Waals surface area contributed by atoms with Crippen molar-refractivity contribution in [2.24, 2.45) is 0 Å². The summed E-state index contributed by atoms with van der Waals surface area (Å²) in [7, 11) is 0. The van der Waals surface area contributed by atoms with Gasteiger partial charge in [0.1, 0.15) is 5.75 Å². The normalized spacial score (nSPS) is 11.8. The van der Waals surface area contributed by atoms with Crippen molar-refractivity contribution in [3.05, 3.63) is 27.2 Å². The SMILES string of the molecule is CC(C)(C)c1ccc(Br)c(O)c1Cl. The molecule has 0 radical (unpaired) electrons. The molecule has 13 heavy (non-hydrogen) atoms. The molecule has 0 bridgehead atoms. The summed E-state index contributed by atoms with van der Waals surface area (Å²) >= 11 is 9.22. The highest BCUT2D eigenvalue weighted by Gasteiger charge is 2.20. The van der Waals surface area contributed by atoms with Crippen LogP contribution in [0.2, 0.25) is 5.02 Å². The van der Waals surface area contributed by atoms with Crippen molar-refractivity contribution in [2.45, 2.75) is 26.2 Å². The average molecular weight is 264 g/mol. The Hall–Kier alpha value is -0.210. The number of phenolic OH excluding ortho intramolecular Hbond substituents is 1. The lowest BCUT2D eigenvalue weighted by molar-refractivity contribution is 0.468. The first-order valence-corrected chi connectivity index (χ1v) is 5.18. The fourth-order valence-electron chi connectivity index (χ4n) is 1.12. The van der Waals surface area contributed by atoms with Crippen LogP contribution in [0.5, 0.6) is 5.75 Å². The van der Waals surface area contributed by atoms with E-state index in [1.165, 1.54) is 0 Å². The van der Waals surface area contributed by atoms with Crippen molar-refractivity contribution in [3.63, 3.8) is 0 Å². The van der Waals surface area contributed by atoms with Crippen LogP contribution in [0.3, 0.4) is 0 Å². The Balaban J connectivity index is 3.35. The molecule has 0 saturated heterocycles. The molecule has 0 heterocycles. The molecule has 0 amide bonds. The van der Waals surface area contributed by atoms with Crippen LogP contribution in [0.25, 0.3) is 0 Å². The monoisotopic (exact) mass is 262 g/mol. The molecule has 3 heteroatoms. The second-order valence-electron chi connectivity index (χ2n) is 4.01. The van der Waals surface area contributed by atoms with Gasteiger partial charge in [-0.1, -0.05) is 38.4 Å². The smallest absolute Gasteiger partial charge is 0.148 e. The fourth-order valence-corrected chi connectivity index (χ4v) is 2.01. The number of phenols is 1. The molecule has 0 unspecified atom stereocenters. The van der Waals surface area contributed by atoms with Gasteiger partial charge in [0.2, 0.25) is 0 Å². The third-order valence-electron chi connectivity index (χ3n) is 1.87. The standard InChI is InChI=1S/C10H12BrClO/c1-10(2,3)6-4-5-7(11)9(13)8(6)12/h4-5,13H,1-3H3. The molecule has 0 spiro atoms. The molecule has 0 fully saturated rings. The van der Waals surface area contributed by atoms with Gasteiger partial charge in [-0.2, -0.15) is 0 Å². The predicted octanol–water partition coefficient (Wildman–Crippen LogP) is 4.11. The van der Waals surface area contributed by atoms with Crippen molar-refractivity contribution in [3.8, 4) is 5.75 Å². The molecule has 0 aromatic heterocycles. The third kappa shape index (κ3) is 2.18. The molecule has 1 N–H and O–H groups in total. The maximum atomic E-state index is 9.57. The zero-order chi connectivity index (χ0) is 10.2. The highest BCUT2D eigenvalue weighted by atomic mass is 79.9. The summed E-state index contributed by atoms with van der Waals surface area (Å²) in [5.41, 5.74) is 0.907. The quantitative estimate of drug-likeness (QED) is 0.747. The molecule has 1 rings (SSSR count). The largest absolute Gasteiger partial charge is 0.505 e. The summed E-state index contributed by atoms with van der Waals surface area (Å²) < 4.78 is 0.630. The van der Waals surface area contributed by atoms with Gasteiger partial charge in [-0.3, -0.25) is 0 Å². The van der Waals surface area contributed by atoms with Crippen LogP contribution in [0, 0.1) is 0 Å². The molecule has 0 aliphatic heterocycles. The summed E-state index contributed by atoms with van der Waals surface area (Å²) in [5.74, 6) is 0.120. The summed E-state index contributed by atoms with van der Waals surface area (Å²) in [6, 6.07) is 3.73. The molecule has 1 aromatic rings. The highest BCUT2D eigenvalue weighted by molar-refractivity contribution is 9.10. The van der Waals surface area contributed by atoms with Gasteiger partial charge >= 0.3 is 0 Å². The molecule has 0 aliphatic carbocycles. The number of rotatable bonds is 0. The zero-order valence-corrected chi connectivity index (χ0v) is 10.2. The van der Waals surface area contributed by atoms with E-state index in [0.717, 1.165) is 5.56 Å². The van der Waals surface area contributed by atoms with Crippen LogP contribution >= 0.6 is 27.5 Å². The first-order chi connectivity index (χ1) is 5.84. The van der Waals surface area contributed by atoms with Gasteiger partial charge < -0.3 is 5.11 Å². The maximum Gasteiger partial charge on any atom is 0.148 e. The summed E-state index contributed by atoms with van der Waals surface area (Å²) in [6.07, 6.45) is 0. The highest BCUT2D eigenvalue weighted by Crippen LogP contribution is 2.39. The van der Waals surface area contributed by atoms with Crippen molar-refractivity contribution in [1.29, 1.82) is 0 Å². The summed E-state index contributed by atoms with van der Waals surface area (Å²) in [6.45, 7) is 6.17. The Labute approximate surface area is 91.9 Å². The fraction of sp³-hybridized carbons (Fsp3) is 0.400. The number of benzene rings is 1. The Bertz CT molecular complexity index is 328. The first kappa shape index (κ1) is 10.9. The maximum absolute atomic E-state index is 9.57. The minimum absolute atomic E-state index is 0.0464. The Morgan fingerprint density at radius 1 is 1.31 bits per heavy atom. The van der Waals surface area contributed by atoms with Crippen molar-refractivity contribution in [1.82, 2.24) is 0 Å². The van der Waals surface area contributed by atoms with Gasteiger partial charge in [-0.05, 0) is 33.0 Å². The average Bonchev–Trinajstić information content (AvgIpc) is 1.98. The topological polar surface area (TPSA) is 20.2 Å². The molecule has 0 saturated carbocycles. The molecular weight excluding hydrogens is 251 g/mol. The van der Waals surface area contributed by atoms with Gasteiger partial charge in [-0.25, -0.2) is 0 Å². The van der Waals surface area contributed by atoms with Crippen molar-refractivity contribution < 1.29 is 5.11 Å². The van der Waals surface area contributed by atoms with E-state index in [9.17, 15) is 5.11 Å². The Kier molecular flexibility index (Phi) is 2.93. The Morgan fingerprint density at radius 3 is 2.31 bits per heavy atom. The van der Waals surface area contributed by atoms with E-state index in [4.69, 9.17) is 11.6 Å². The number of hydrogen-bond acceptors (Lipinski definition) is 1. The second kappa shape index (κ2) is 3.50. The molecule has 72 valence electrons. The van der Waals surface area contributed by atoms with E-state index in [0.29, 0.717) is 9.50 Å². The van der Waals surface area contributed by atoms with Crippen LogP contribution in [0.1, 0.15) is 26.3 Å². The van der Waals surface area contributed by atoms with Gasteiger partial charge in [0.05, 0.1) is 9.50 Å². The van der Waals surface area contributed by atoms with E-state index in [2.05, 4.69) is 36.7 Å².